The Kier molecular flexibility index (Phi) is 3.83. The van der Waals surface area contributed by atoms with Crippen molar-refractivity contribution in [3.63, 3.8) is 0 Å². The fourth-order valence-corrected chi connectivity index (χ4v) is 1.83. The van der Waals surface area contributed by atoms with Crippen LogP contribution in [0.4, 0.5) is 5.82 Å². The molecule has 2 aromatic rings. The zero-order valence-electron chi connectivity index (χ0n) is 12.0. The fraction of sp³-hybridized carbons (Fsp3) is 0.429. The van der Waals surface area contributed by atoms with Gasteiger partial charge in [0.1, 0.15) is 17.4 Å². The molecule has 6 heteroatoms. The number of nitrogens with zero attached hydrogens (tertiary/aromatic N) is 3. The predicted octanol–water partition coefficient (Wildman–Crippen LogP) is 2.02. The summed E-state index contributed by atoms with van der Waals surface area (Å²) in [5.41, 5.74) is 0.949. The molecule has 0 radical (unpaired) electrons. The molecule has 0 amide bonds. The van der Waals surface area contributed by atoms with Gasteiger partial charge in [-0.2, -0.15) is 0 Å². The molecule has 0 bridgehead atoms. The summed E-state index contributed by atoms with van der Waals surface area (Å²) in [5.74, 6) is 0.252. The van der Waals surface area contributed by atoms with Crippen LogP contribution in [0.5, 0.6) is 0 Å². The molecule has 0 aromatic carbocycles. The van der Waals surface area contributed by atoms with E-state index in [4.69, 9.17) is 4.74 Å². The van der Waals surface area contributed by atoms with Crippen molar-refractivity contribution >= 4 is 23.0 Å². The minimum atomic E-state index is -0.492. The van der Waals surface area contributed by atoms with Crippen molar-refractivity contribution in [3.8, 4) is 0 Å². The van der Waals surface area contributed by atoms with Crippen LogP contribution in [0.3, 0.4) is 0 Å². The zero-order chi connectivity index (χ0) is 14.8. The van der Waals surface area contributed by atoms with Crippen LogP contribution in [0.2, 0.25) is 0 Å². The summed E-state index contributed by atoms with van der Waals surface area (Å²) >= 11 is 0. The lowest BCUT2D eigenvalue weighted by molar-refractivity contribution is -0.143. The average Bonchev–Trinajstić information content (AvgIpc) is 2.42. The Balaban J connectivity index is 2.31. The van der Waals surface area contributed by atoms with Gasteiger partial charge in [-0.15, -0.1) is 0 Å². The summed E-state index contributed by atoms with van der Waals surface area (Å²) in [5, 5.41) is 3.11. The van der Waals surface area contributed by atoms with Gasteiger partial charge in [0.2, 0.25) is 0 Å². The van der Waals surface area contributed by atoms with E-state index >= 15 is 0 Å². The highest BCUT2D eigenvalue weighted by Gasteiger charge is 2.32. The van der Waals surface area contributed by atoms with Crippen LogP contribution in [0.25, 0.3) is 11.2 Å². The van der Waals surface area contributed by atoms with Gasteiger partial charge >= 0.3 is 5.97 Å². The Bertz CT molecular complexity index is 622. The summed E-state index contributed by atoms with van der Waals surface area (Å²) in [6.45, 7) is 5.88. The van der Waals surface area contributed by atoms with Crippen LogP contribution in [-0.4, -0.2) is 34.1 Å². The van der Waals surface area contributed by atoms with E-state index in [0.717, 1.165) is 0 Å². The average molecular weight is 274 g/mol. The molecule has 0 aliphatic rings. The fourth-order valence-electron chi connectivity index (χ4n) is 1.83. The molecule has 2 aromatic heterocycles. The first-order chi connectivity index (χ1) is 9.41. The van der Waals surface area contributed by atoms with Gasteiger partial charge in [0.25, 0.3) is 0 Å². The maximum Gasteiger partial charge on any atom is 0.328 e. The molecule has 106 valence electrons. The largest absolute Gasteiger partial charge is 0.467 e. The Morgan fingerprint density at radius 2 is 1.95 bits per heavy atom. The second kappa shape index (κ2) is 5.40. The van der Waals surface area contributed by atoms with Gasteiger partial charge in [-0.1, -0.05) is 20.8 Å². The third kappa shape index (κ3) is 3.01. The standard InChI is InChI=1S/C14H18N4O2/c1-14(2,3)11(13(19)20-4)17-10-6-5-9-12(18-10)16-8-7-15-9/h5-8,11H,1-4H3,(H,16,17,18)/t11-/m1/s1. The Morgan fingerprint density at radius 3 is 2.60 bits per heavy atom. The summed E-state index contributed by atoms with van der Waals surface area (Å²) in [6.07, 6.45) is 3.20. The van der Waals surface area contributed by atoms with Crippen molar-refractivity contribution in [3.05, 3.63) is 24.5 Å². The second-order valence-corrected chi connectivity index (χ2v) is 5.56. The Hall–Kier alpha value is -2.24. The number of methoxy groups -OCH3 is 1. The molecule has 0 saturated carbocycles. The van der Waals surface area contributed by atoms with E-state index in [1.54, 1.807) is 18.5 Å². The highest BCUT2D eigenvalue weighted by Crippen LogP contribution is 2.24. The van der Waals surface area contributed by atoms with Gasteiger partial charge in [0.15, 0.2) is 5.65 Å². The van der Waals surface area contributed by atoms with E-state index in [1.165, 1.54) is 7.11 Å². The third-order valence-corrected chi connectivity index (χ3v) is 2.93. The number of anilines is 1. The topological polar surface area (TPSA) is 77.0 Å². The quantitative estimate of drug-likeness (QED) is 0.863. The van der Waals surface area contributed by atoms with Crippen molar-refractivity contribution in [2.75, 3.05) is 12.4 Å². The molecule has 1 N–H and O–H groups in total. The van der Waals surface area contributed by atoms with Crippen LogP contribution in [-0.2, 0) is 9.53 Å². The van der Waals surface area contributed by atoms with E-state index < -0.39 is 6.04 Å². The molecular formula is C14H18N4O2. The second-order valence-electron chi connectivity index (χ2n) is 5.56. The number of ether oxygens (including phenoxy) is 1. The predicted molar refractivity (Wildman–Crippen MR) is 76.2 cm³/mol. The normalized spacial score (nSPS) is 13.0. The van der Waals surface area contributed by atoms with Crippen molar-refractivity contribution < 1.29 is 9.53 Å². The number of pyridine rings is 1. The van der Waals surface area contributed by atoms with E-state index in [1.807, 2.05) is 26.8 Å². The molecule has 0 spiro atoms. The summed E-state index contributed by atoms with van der Waals surface area (Å²) in [7, 11) is 1.38. The van der Waals surface area contributed by atoms with E-state index in [0.29, 0.717) is 17.0 Å². The van der Waals surface area contributed by atoms with Gasteiger partial charge in [-0.25, -0.2) is 14.8 Å². The van der Waals surface area contributed by atoms with Crippen molar-refractivity contribution in [1.82, 2.24) is 15.0 Å². The number of esters is 1. The van der Waals surface area contributed by atoms with Crippen molar-refractivity contribution in [2.24, 2.45) is 5.41 Å². The van der Waals surface area contributed by atoms with E-state index in [2.05, 4.69) is 20.3 Å². The minimum absolute atomic E-state index is 0.300. The number of hydrogen-bond donors (Lipinski definition) is 1. The molecule has 0 unspecified atom stereocenters. The number of carbonyl (C=O) groups is 1. The molecule has 2 rings (SSSR count). The number of hydrogen-bond acceptors (Lipinski definition) is 6. The number of rotatable bonds is 3. The van der Waals surface area contributed by atoms with Gasteiger partial charge in [-0.05, 0) is 17.5 Å². The van der Waals surface area contributed by atoms with Crippen LogP contribution in [0.1, 0.15) is 20.8 Å². The zero-order valence-corrected chi connectivity index (χ0v) is 12.0. The van der Waals surface area contributed by atoms with Crippen LogP contribution in [0.15, 0.2) is 24.5 Å². The van der Waals surface area contributed by atoms with Gasteiger partial charge in [0, 0.05) is 12.4 Å². The molecule has 6 nitrogen and oxygen atoms in total. The van der Waals surface area contributed by atoms with Gasteiger partial charge in [-0.3, -0.25) is 4.98 Å². The SMILES string of the molecule is COC(=O)[C@@H](Nc1ccc2nccnc2n1)C(C)(C)C. The number of nitrogens with one attached hydrogen (secondary N) is 1. The summed E-state index contributed by atoms with van der Waals surface area (Å²) < 4.78 is 4.84. The highest BCUT2D eigenvalue weighted by atomic mass is 16.5. The lowest BCUT2D eigenvalue weighted by Gasteiger charge is -2.29. The van der Waals surface area contributed by atoms with Crippen LogP contribution in [0, 0.1) is 5.41 Å². The molecule has 0 aliphatic heterocycles. The lowest BCUT2D eigenvalue weighted by atomic mass is 9.87. The molecule has 0 fully saturated rings. The van der Waals surface area contributed by atoms with Crippen LogP contribution >= 0.6 is 0 Å². The van der Waals surface area contributed by atoms with E-state index in [-0.39, 0.29) is 11.4 Å². The summed E-state index contributed by atoms with van der Waals surface area (Å²) in [4.78, 5) is 24.5. The number of fused-ring (bicyclic) bond motifs is 1. The molecule has 0 aliphatic carbocycles. The molecular weight excluding hydrogens is 256 g/mol. The molecule has 20 heavy (non-hydrogen) atoms. The number of carbonyl (C=O) groups excluding carboxylic acids is 1. The first-order valence-electron chi connectivity index (χ1n) is 6.34. The minimum Gasteiger partial charge on any atom is -0.467 e. The monoisotopic (exact) mass is 274 g/mol. The summed E-state index contributed by atoms with van der Waals surface area (Å²) in [6, 6.07) is 3.10. The smallest absolute Gasteiger partial charge is 0.328 e. The Labute approximate surface area is 117 Å². The molecule has 1 atom stereocenters. The van der Waals surface area contributed by atoms with Gasteiger partial charge in [0.05, 0.1) is 7.11 Å². The number of aromatic nitrogens is 3. The first-order valence-corrected chi connectivity index (χ1v) is 6.34. The van der Waals surface area contributed by atoms with Crippen molar-refractivity contribution in [1.29, 1.82) is 0 Å². The lowest BCUT2D eigenvalue weighted by Crippen LogP contribution is -2.42. The van der Waals surface area contributed by atoms with E-state index in [9.17, 15) is 4.79 Å². The van der Waals surface area contributed by atoms with Crippen LogP contribution < -0.4 is 5.32 Å². The van der Waals surface area contributed by atoms with Crippen molar-refractivity contribution in [2.45, 2.75) is 26.8 Å². The highest BCUT2D eigenvalue weighted by molar-refractivity contribution is 5.80. The van der Waals surface area contributed by atoms with Gasteiger partial charge < -0.3 is 10.1 Å². The maximum atomic E-state index is 11.9. The molecule has 2 heterocycles. The maximum absolute atomic E-state index is 11.9. The molecule has 0 saturated heterocycles. The first kappa shape index (κ1) is 14.2. The Morgan fingerprint density at radius 1 is 1.25 bits per heavy atom. The third-order valence-electron chi connectivity index (χ3n) is 2.93.